The molecule has 2 heterocycles. The van der Waals surface area contributed by atoms with Crippen LogP contribution in [-0.4, -0.2) is 54.8 Å². The zero-order chi connectivity index (χ0) is 24.0. The number of methoxy groups -OCH3 is 1. The Morgan fingerprint density at radius 1 is 1.06 bits per heavy atom. The summed E-state index contributed by atoms with van der Waals surface area (Å²) in [5.41, 5.74) is 0.723. The molecule has 0 saturated carbocycles. The summed E-state index contributed by atoms with van der Waals surface area (Å²) in [6.07, 6.45) is 4.66. The molecule has 0 radical (unpaired) electrons. The van der Waals surface area contributed by atoms with Crippen LogP contribution < -0.4 is 14.8 Å². The van der Waals surface area contributed by atoms with Gasteiger partial charge in [0.25, 0.3) is 5.91 Å². The number of carbonyl (C=O) groups excluding carboxylic acids is 3. The van der Waals surface area contributed by atoms with E-state index < -0.39 is 5.60 Å². The molecule has 0 aliphatic carbocycles. The van der Waals surface area contributed by atoms with Crippen molar-refractivity contribution in [2.75, 3.05) is 26.7 Å². The molecule has 1 saturated heterocycles. The van der Waals surface area contributed by atoms with Gasteiger partial charge in [0.2, 0.25) is 5.91 Å². The number of ketones is 1. The Kier molecular flexibility index (Phi) is 7.50. The highest BCUT2D eigenvalue weighted by atomic mass is 16.5. The largest absolute Gasteiger partial charge is 0.497 e. The molecular weight excluding hydrogens is 432 g/mol. The number of amides is 2. The molecule has 1 fully saturated rings. The Bertz CT molecular complexity index is 1030. The third-order valence-electron chi connectivity index (χ3n) is 6.71. The average Bonchev–Trinajstić information content (AvgIpc) is 2.86. The number of rotatable bonds is 8. The van der Waals surface area contributed by atoms with Gasteiger partial charge in [-0.3, -0.25) is 14.4 Å². The second kappa shape index (κ2) is 10.7. The summed E-state index contributed by atoms with van der Waals surface area (Å²) in [5, 5.41) is 2.92. The van der Waals surface area contributed by atoms with Crippen molar-refractivity contribution >= 4 is 17.6 Å². The Morgan fingerprint density at radius 3 is 2.56 bits per heavy atom. The number of ether oxygens (including phenoxy) is 2. The number of Topliss-reactive ketones (excluding diaryl/α,β-unsaturated/α-hetero) is 1. The summed E-state index contributed by atoms with van der Waals surface area (Å²) in [7, 11) is 1.59. The molecule has 1 spiro atoms. The van der Waals surface area contributed by atoms with Gasteiger partial charge in [-0.2, -0.15) is 0 Å². The van der Waals surface area contributed by atoms with Gasteiger partial charge in [0.05, 0.1) is 19.1 Å². The molecule has 34 heavy (non-hydrogen) atoms. The van der Waals surface area contributed by atoms with Gasteiger partial charge in [-0.05, 0) is 37.1 Å². The number of carbonyl (C=O) groups is 3. The summed E-state index contributed by atoms with van der Waals surface area (Å²) >= 11 is 0. The number of nitrogens with one attached hydrogen (secondary N) is 1. The molecule has 1 N–H and O–H groups in total. The summed E-state index contributed by atoms with van der Waals surface area (Å²) < 4.78 is 11.6. The van der Waals surface area contributed by atoms with Crippen molar-refractivity contribution in [3.05, 3.63) is 59.7 Å². The summed E-state index contributed by atoms with van der Waals surface area (Å²) in [4.78, 5) is 39.3. The Labute approximate surface area is 200 Å². The smallest absolute Gasteiger partial charge is 0.251 e. The quantitative estimate of drug-likeness (QED) is 0.597. The van der Waals surface area contributed by atoms with Crippen molar-refractivity contribution in [3.8, 4) is 11.5 Å². The number of unbranched alkanes of at least 4 members (excludes halogenated alkanes) is 2. The first kappa shape index (κ1) is 23.8. The van der Waals surface area contributed by atoms with E-state index in [0.717, 1.165) is 19.3 Å². The lowest BCUT2D eigenvalue weighted by Gasteiger charge is -2.44. The molecule has 2 amide bonds. The third-order valence-corrected chi connectivity index (χ3v) is 6.71. The monoisotopic (exact) mass is 464 g/mol. The van der Waals surface area contributed by atoms with Crippen LogP contribution >= 0.6 is 0 Å². The number of nitrogens with zero attached hydrogens (tertiary/aromatic N) is 1. The zero-order valence-electron chi connectivity index (χ0n) is 19.7. The lowest BCUT2D eigenvalue weighted by molar-refractivity contribution is -0.134. The van der Waals surface area contributed by atoms with E-state index in [4.69, 9.17) is 9.47 Å². The van der Waals surface area contributed by atoms with Crippen molar-refractivity contribution in [2.45, 2.75) is 50.5 Å². The molecule has 0 atom stereocenters. The molecule has 180 valence electrons. The normalized spacial score (nSPS) is 16.5. The summed E-state index contributed by atoms with van der Waals surface area (Å²) in [6.45, 7) is 1.79. The maximum Gasteiger partial charge on any atom is 0.251 e. The van der Waals surface area contributed by atoms with E-state index in [9.17, 15) is 14.4 Å². The molecule has 7 heteroatoms. The number of hydrogen-bond acceptors (Lipinski definition) is 5. The first-order chi connectivity index (χ1) is 16.5. The molecular formula is C27H32N2O5. The van der Waals surface area contributed by atoms with Gasteiger partial charge in [0.1, 0.15) is 17.1 Å². The standard InChI is InChI=1S/C27H32N2O5/c1-33-21-11-12-22-23(30)19-27(34-24(22)18-21)13-16-29(17-14-27)25(31)10-6-3-7-15-28-26(32)20-8-4-2-5-9-20/h2,4-5,8-9,11-12,18H,3,6-7,10,13-17,19H2,1H3,(H,28,32). The molecule has 7 nitrogen and oxygen atoms in total. The number of benzene rings is 2. The molecule has 0 bridgehead atoms. The Morgan fingerprint density at radius 2 is 1.82 bits per heavy atom. The fourth-order valence-corrected chi connectivity index (χ4v) is 4.67. The minimum absolute atomic E-state index is 0.0663. The van der Waals surface area contributed by atoms with Crippen LogP contribution in [0.4, 0.5) is 0 Å². The lowest BCUT2D eigenvalue weighted by Crippen LogP contribution is -2.52. The molecule has 4 rings (SSSR count). The molecule has 2 aliphatic rings. The van der Waals surface area contributed by atoms with Gasteiger partial charge in [-0.25, -0.2) is 0 Å². The van der Waals surface area contributed by atoms with Crippen LogP contribution in [0.1, 0.15) is 65.7 Å². The van der Waals surface area contributed by atoms with Crippen LogP contribution in [0.25, 0.3) is 0 Å². The summed E-state index contributed by atoms with van der Waals surface area (Å²) in [6, 6.07) is 14.5. The maximum absolute atomic E-state index is 12.7. The topological polar surface area (TPSA) is 84.9 Å². The Hall–Kier alpha value is -3.35. The first-order valence-electron chi connectivity index (χ1n) is 12.0. The maximum atomic E-state index is 12.7. The van der Waals surface area contributed by atoms with Crippen LogP contribution in [-0.2, 0) is 4.79 Å². The van der Waals surface area contributed by atoms with Crippen molar-refractivity contribution in [1.29, 1.82) is 0 Å². The van der Waals surface area contributed by atoms with Crippen LogP contribution in [0.15, 0.2) is 48.5 Å². The van der Waals surface area contributed by atoms with Crippen LogP contribution in [0, 0.1) is 0 Å². The van der Waals surface area contributed by atoms with Gasteiger partial charge < -0.3 is 19.7 Å². The van der Waals surface area contributed by atoms with Gasteiger partial charge in [0, 0.05) is 50.5 Å². The third kappa shape index (κ3) is 5.58. The van der Waals surface area contributed by atoms with Crippen LogP contribution in [0.5, 0.6) is 11.5 Å². The first-order valence-corrected chi connectivity index (χ1v) is 12.0. The molecule has 2 aromatic carbocycles. The van der Waals surface area contributed by atoms with Crippen LogP contribution in [0.3, 0.4) is 0 Å². The molecule has 0 aromatic heterocycles. The van der Waals surface area contributed by atoms with Crippen LogP contribution in [0.2, 0.25) is 0 Å². The number of hydrogen-bond donors (Lipinski definition) is 1. The zero-order valence-corrected chi connectivity index (χ0v) is 19.7. The molecule has 0 unspecified atom stereocenters. The van der Waals surface area contributed by atoms with Crippen molar-refractivity contribution in [1.82, 2.24) is 10.2 Å². The number of piperidine rings is 1. The lowest BCUT2D eigenvalue weighted by atomic mass is 9.82. The van der Waals surface area contributed by atoms with Gasteiger partial charge in [-0.15, -0.1) is 0 Å². The number of likely N-dealkylation sites (tertiary alicyclic amines) is 1. The SMILES string of the molecule is COc1ccc2c(c1)OC1(CCN(C(=O)CCCCCNC(=O)c3ccccc3)CC1)CC2=O. The van der Waals surface area contributed by atoms with E-state index >= 15 is 0 Å². The highest BCUT2D eigenvalue weighted by Gasteiger charge is 2.43. The fourth-order valence-electron chi connectivity index (χ4n) is 4.67. The fraction of sp³-hybridized carbons (Fsp3) is 0.444. The second-order valence-electron chi connectivity index (χ2n) is 9.06. The second-order valence-corrected chi connectivity index (χ2v) is 9.06. The predicted molar refractivity (Wildman–Crippen MR) is 128 cm³/mol. The highest BCUT2D eigenvalue weighted by Crippen LogP contribution is 2.40. The number of fused-ring (bicyclic) bond motifs is 1. The van der Waals surface area contributed by atoms with E-state index in [2.05, 4.69) is 5.32 Å². The minimum atomic E-state index is -0.538. The average molecular weight is 465 g/mol. The van der Waals surface area contributed by atoms with E-state index in [1.165, 1.54) is 0 Å². The van der Waals surface area contributed by atoms with Crippen molar-refractivity contribution in [2.24, 2.45) is 0 Å². The molecule has 2 aromatic rings. The van der Waals surface area contributed by atoms with E-state index in [0.29, 0.717) is 67.9 Å². The van der Waals surface area contributed by atoms with Gasteiger partial charge in [-0.1, -0.05) is 24.6 Å². The Balaban J connectivity index is 1.17. The van der Waals surface area contributed by atoms with Gasteiger partial charge >= 0.3 is 0 Å². The van der Waals surface area contributed by atoms with E-state index in [-0.39, 0.29) is 17.6 Å². The van der Waals surface area contributed by atoms with Crippen molar-refractivity contribution < 1.29 is 23.9 Å². The van der Waals surface area contributed by atoms with E-state index in [1.54, 1.807) is 37.4 Å². The minimum Gasteiger partial charge on any atom is -0.497 e. The summed E-state index contributed by atoms with van der Waals surface area (Å²) in [5.74, 6) is 1.41. The van der Waals surface area contributed by atoms with Crippen molar-refractivity contribution in [3.63, 3.8) is 0 Å². The molecule has 2 aliphatic heterocycles. The van der Waals surface area contributed by atoms with Gasteiger partial charge in [0.15, 0.2) is 5.78 Å². The highest BCUT2D eigenvalue weighted by molar-refractivity contribution is 6.00. The predicted octanol–water partition coefficient (Wildman–Crippen LogP) is 4.01. The van der Waals surface area contributed by atoms with E-state index in [1.807, 2.05) is 23.1 Å².